The van der Waals surface area contributed by atoms with E-state index in [-0.39, 0.29) is 32.7 Å². The highest BCUT2D eigenvalue weighted by Crippen LogP contribution is 2.33. The molecule has 0 bridgehead atoms. The second-order valence-electron chi connectivity index (χ2n) is 7.82. The standard InChI is InChI=1S/C25H24Cl2FN3O4S/c1-17(25(33)29-2)30(15-18-8-6-7-11-22(18)28)24(32)16-31(23-13-12-19(26)14-21(23)27)36(34,35)20-9-4-3-5-10-20/h3-14,17H,15-16H2,1-2H3,(H,29,33)/t17-/m1/s1. The topological polar surface area (TPSA) is 86.8 Å². The van der Waals surface area contributed by atoms with E-state index < -0.39 is 40.2 Å². The monoisotopic (exact) mass is 551 g/mol. The minimum absolute atomic E-state index is 0.00908. The summed E-state index contributed by atoms with van der Waals surface area (Å²) in [5.74, 6) is -1.80. The zero-order valence-electron chi connectivity index (χ0n) is 19.5. The molecule has 0 saturated heterocycles. The van der Waals surface area contributed by atoms with Crippen molar-refractivity contribution in [1.29, 1.82) is 0 Å². The van der Waals surface area contributed by atoms with Gasteiger partial charge in [0.25, 0.3) is 10.0 Å². The summed E-state index contributed by atoms with van der Waals surface area (Å²) in [5, 5.41) is 2.75. The molecule has 190 valence electrons. The van der Waals surface area contributed by atoms with Gasteiger partial charge in [0.05, 0.1) is 15.6 Å². The number of hydrogen-bond acceptors (Lipinski definition) is 4. The van der Waals surface area contributed by atoms with Gasteiger partial charge in [0.1, 0.15) is 18.4 Å². The molecule has 3 aromatic rings. The Bertz CT molecular complexity index is 1360. The second kappa shape index (κ2) is 11.7. The Kier molecular flexibility index (Phi) is 8.94. The highest BCUT2D eigenvalue weighted by Gasteiger charge is 2.33. The molecule has 0 aliphatic carbocycles. The first-order valence-electron chi connectivity index (χ1n) is 10.8. The van der Waals surface area contributed by atoms with E-state index in [1.54, 1.807) is 24.3 Å². The smallest absolute Gasteiger partial charge is 0.264 e. The van der Waals surface area contributed by atoms with Crippen LogP contribution in [-0.4, -0.2) is 44.8 Å². The zero-order chi connectivity index (χ0) is 26.5. The highest BCUT2D eigenvalue weighted by molar-refractivity contribution is 7.92. The quantitative estimate of drug-likeness (QED) is 0.424. The lowest BCUT2D eigenvalue weighted by Gasteiger charge is -2.32. The Labute approximate surface area is 219 Å². The van der Waals surface area contributed by atoms with E-state index in [1.165, 1.54) is 62.5 Å². The Morgan fingerprint density at radius 3 is 2.25 bits per heavy atom. The third-order valence-corrected chi connectivity index (χ3v) is 7.81. The number of amides is 2. The van der Waals surface area contributed by atoms with Crippen LogP contribution in [-0.2, 0) is 26.2 Å². The number of halogens is 3. The fourth-order valence-electron chi connectivity index (χ4n) is 3.52. The lowest BCUT2D eigenvalue weighted by molar-refractivity contribution is -0.139. The molecule has 3 rings (SSSR count). The number of anilines is 1. The van der Waals surface area contributed by atoms with Crippen LogP contribution in [0.15, 0.2) is 77.7 Å². The maximum absolute atomic E-state index is 14.4. The molecule has 0 aliphatic heterocycles. The van der Waals surface area contributed by atoms with E-state index in [0.29, 0.717) is 0 Å². The molecule has 7 nitrogen and oxygen atoms in total. The molecule has 0 heterocycles. The van der Waals surface area contributed by atoms with Gasteiger partial charge in [-0.2, -0.15) is 0 Å². The molecule has 0 radical (unpaired) electrons. The predicted molar refractivity (Wildman–Crippen MR) is 138 cm³/mol. The highest BCUT2D eigenvalue weighted by atomic mass is 35.5. The van der Waals surface area contributed by atoms with E-state index in [2.05, 4.69) is 5.32 Å². The van der Waals surface area contributed by atoms with Gasteiger partial charge in [-0.25, -0.2) is 12.8 Å². The number of hydrogen-bond donors (Lipinski definition) is 1. The average Bonchev–Trinajstić information content (AvgIpc) is 2.86. The average molecular weight is 552 g/mol. The molecule has 36 heavy (non-hydrogen) atoms. The van der Waals surface area contributed by atoms with Crippen LogP contribution in [0.2, 0.25) is 10.0 Å². The van der Waals surface area contributed by atoms with Crippen LogP contribution in [0.3, 0.4) is 0 Å². The summed E-state index contributed by atoms with van der Waals surface area (Å²) in [6.45, 7) is 0.519. The molecule has 2 amide bonds. The van der Waals surface area contributed by atoms with Crippen molar-refractivity contribution in [3.8, 4) is 0 Å². The van der Waals surface area contributed by atoms with E-state index in [1.807, 2.05) is 0 Å². The van der Waals surface area contributed by atoms with Crippen LogP contribution >= 0.6 is 23.2 Å². The molecule has 0 fully saturated rings. The van der Waals surface area contributed by atoms with Crippen molar-refractivity contribution >= 4 is 50.7 Å². The van der Waals surface area contributed by atoms with E-state index in [0.717, 1.165) is 9.21 Å². The van der Waals surface area contributed by atoms with Gasteiger partial charge in [0.2, 0.25) is 11.8 Å². The normalized spacial score (nSPS) is 12.0. The molecule has 11 heteroatoms. The number of benzene rings is 3. The maximum Gasteiger partial charge on any atom is 0.264 e. The first kappa shape index (κ1) is 27.4. The molecule has 0 aliphatic rings. The van der Waals surface area contributed by atoms with E-state index >= 15 is 0 Å². The Balaban J connectivity index is 2.07. The summed E-state index contributed by atoms with van der Waals surface area (Å²) < 4.78 is 42.5. The van der Waals surface area contributed by atoms with Crippen molar-refractivity contribution in [1.82, 2.24) is 10.2 Å². The van der Waals surface area contributed by atoms with Gasteiger partial charge in [0.15, 0.2) is 0 Å². The summed E-state index contributed by atoms with van der Waals surface area (Å²) in [6.07, 6.45) is 0. The van der Waals surface area contributed by atoms with E-state index in [4.69, 9.17) is 23.2 Å². The lowest BCUT2D eigenvalue weighted by atomic mass is 10.1. The summed E-state index contributed by atoms with van der Waals surface area (Å²) in [4.78, 5) is 27.1. The van der Waals surface area contributed by atoms with Crippen LogP contribution < -0.4 is 9.62 Å². The first-order chi connectivity index (χ1) is 17.1. The van der Waals surface area contributed by atoms with Crippen LogP contribution in [0.4, 0.5) is 10.1 Å². The molecule has 0 spiro atoms. The molecule has 3 aromatic carbocycles. The van der Waals surface area contributed by atoms with Gasteiger partial charge in [-0.3, -0.25) is 13.9 Å². The molecule has 0 saturated carbocycles. The summed E-state index contributed by atoms with van der Waals surface area (Å²) in [6, 6.07) is 16.5. The number of rotatable bonds is 9. The Morgan fingerprint density at radius 1 is 1.00 bits per heavy atom. The van der Waals surface area contributed by atoms with Crippen LogP contribution in [0.5, 0.6) is 0 Å². The molecular weight excluding hydrogens is 528 g/mol. The number of carbonyl (C=O) groups is 2. The Hall–Kier alpha value is -3.14. The van der Waals surface area contributed by atoms with Crippen LogP contribution in [0, 0.1) is 5.82 Å². The minimum atomic E-state index is -4.27. The van der Waals surface area contributed by atoms with Crippen LogP contribution in [0.1, 0.15) is 12.5 Å². The molecular formula is C25H24Cl2FN3O4S. The SMILES string of the molecule is CNC(=O)[C@@H](C)N(Cc1ccccc1F)C(=O)CN(c1ccc(Cl)cc1Cl)S(=O)(=O)c1ccccc1. The first-order valence-corrected chi connectivity index (χ1v) is 13.0. The molecule has 1 N–H and O–H groups in total. The molecule has 0 aromatic heterocycles. The van der Waals surface area contributed by atoms with Gasteiger partial charge in [-0.05, 0) is 43.3 Å². The fraction of sp³-hybridized carbons (Fsp3) is 0.200. The van der Waals surface area contributed by atoms with E-state index in [9.17, 15) is 22.4 Å². The largest absolute Gasteiger partial charge is 0.357 e. The van der Waals surface area contributed by atoms with Gasteiger partial charge < -0.3 is 10.2 Å². The predicted octanol–water partition coefficient (Wildman–Crippen LogP) is 4.49. The summed E-state index contributed by atoms with van der Waals surface area (Å²) in [7, 11) is -2.86. The number of nitrogens with zero attached hydrogens (tertiary/aromatic N) is 2. The summed E-state index contributed by atoms with van der Waals surface area (Å²) in [5.41, 5.74) is 0.195. The van der Waals surface area contributed by atoms with Crippen molar-refractivity contribution in [3.05, 3.63) is 94.2 Å². The third-order valence-electron chi connectivity index (χ3n) is 5.50. The Morgan fingerprint density at radius 2 is 1.64 bits per heavy atom. The summed E-state index contributed by atoms with van der Waals surface area (Å²) >= 11 is 12.3. The molecule has 1 atom stereocenters. The zero-order valence-corrected chi connectivity index (χ0v) is 21.8. The van der Waals surface area contributed by atoms with Crippen molar-refractivity contribution in [2.45, 2.75) is 24.4 Å². The second-order valence-corrected chi connectivity index (χ2v) is 10.5. The van der Waals surface area contributed by atoms with Crippen molar-refractivity contribution in [3.63, 3.8) is 0 Å². The van der Waals surface area contributed by atoms with Gasteiger partial charge in [0, 0.05) is 24.2 Å². The van der Waals surface area contributed by atoms with Crippen LogP contribution in [0.25, 0.3) is 0 Å². The number of sulfonamides is 1. The van der Waals surface area contributed by atoms with Crippen molar-refractivity contribution in [2.24, 2.45) is 0 Å². The lowest BCUT2D eigenvalue weighted by Crippen LogP contribution is -2.50. The van der Waals surface area contributed by atoms with Gasteiger partial charge >= 0.3 is 0 Å². The molecule has 0 unspecified atom stereocenters. The number of likely N-dealkylation sites (N-methyl/N-ethyl adjacent to an activating group) is 1. The third kappa shape index (κ3) is 6.16. The number of carbonyl (C=O) groups excluding carboxylic acids is 2. The maximum atomic E-state index is 14.4. The minimum Gasteiger partial charge on any atom is -0.357 e. The van der Waals surface area contributed by atoms with Gasteiger partial charge in [-0.1, -0.05) is 59.6 Å². The van der Waals surface area contributed by atoms with Crippen molar-refractivity contribution in [2.75, 3.05) is 17.9 Å². The fourth-order valence-corrected chi connectivity index (χ4v) is 5.53. The van der Waals surface area contributed by atoms with Gasteiger partial charge in [-0.15, -0.1) is 0 Å². The number of nitrogens with one attached hydrogen (secondary N) is 1. The van der Waals surface area contributed by atoms with Crippen molar-refractivity contribution < 1.29 is 22.4 Å².